The molecule has 1 N–H and O–H groups in total. The average Bonchev–Trinajstić information content (AvgIpc) is 2.30. The Kier molecular flexibility index (Phi) is 2.51. The van der Waals surface area contributed by atoms with Gasteiger partial charge in [0.15, 0.2) is 0 Å². The van der Waals surface area contributed by atoms with Gasteiger partial charge < -0.3 is 5.11 Å². The highest BCUT2D eigenvalue weighted by Gasteiger charge is 2.11. The van der Waals surface area contributed by atoms with Crippen LogP contribution in [0, 0.1) is 0 Å². The van der Waals surface area contributed by atoms with E-state index in [4.69, 9.17) is 5.11 Å². The number of carboxylic acid groups (broad SMARTS) is 1. The van der Waals surface area contributed by atoms with Gasteiger partial charge in [0, 0.05) is 6.20 Å². The fourth-order valence-electron chi connectivity index (χ4n) is 1.33. The van der Waals surface area contributed by atoms with Crippen LogP contribution in [-0.4, -0.2) is 20.9 Å². The molecule has 0 atom stereocenters. The zero-order valence-corrected chi connectivity index (χ0v) is 8.20. The van der Waals surface area contributed by atoms with E-state index < -0.39 is 11.5 Å². The fraction of sp³-hybridized carbons (Fsp3) is 0. The van der Waals surface area contributed by atoms with E-state index in [2.05, 4.69) is 5.10 Å². The minimum Gasteiger partial charge on any atom is -0.477 e. The van der Waals surface area contributed by atoms with Gasteiger partial charge in [-0.1, -0.05) is 18.2 Å². The number of aromatic carboxylic acids is 1. The Balaban J connectivity index is 2.64. The minimum atomic E-state index is -1.25. The van der Waals surface area contributed by atoms with E-state index in [1.165, 1.54) is 12.3 Å². The second kappa shape index (κ2) is 3.98. The van der Waals surface area contributed by atoms with Crippen molar-refractivity contribution in [2.45, 2.75) is 0 Å². The molecule has 0 aliphatic carbocycles. The lowest BCUT2D eigenvalue weighted by atomic mass is 10.3. The molecule has 5 nitrogen and oxygen atoms in total. The normalized spacial score (nSPS) is 10.0. The maximum absolute atomic E-state index is 11.7. The largest absolute Gasteiger partial charge is 0.477 e. The standard InChI is InChI=1S/C11H8N2O3/c14-10-9(11(15)16)6-7-12-13(10)8-4-2-1-3-5-8/h1-7H,(H,15,16). The van der Waals surface area contributed by atoms with Gasteiger partial charge in [-0.25, -0.2) is 4.79 Å². The molecule has 0 aliphatic rings. The SMILES string of the molecule is O=C(O)c1ccnn(-c2ccccc2)c1=O. The van der Waals surface area contributed by atoms with Gasteiger partial charge in [-0.2, -0.15) is 9.78 Å². The molecule has 0 aliphatic heterocycles. The number of nitrogens with zero attached hydrogens (tertiary/aromatic N) is 2. The van der Waals surface area contributed by atoms with E-state index >= 15 is 0 Å². The van der Waals surface area contributed by atoms with Crippen LogP contribution in [0.4, 0.5) is 0 Å². The number of carbonyl (C=O) groups is 1. The van der Waals surface area contributed by atoms with Crippen molar-refractivity contribution >= 4 is 5.97 Å². The summed E-state index contributed by atoms with van der Waals surface area (Å²) in [5, 5.41) is 12.6. The molecule has 0 saturated heterocycles. The van der Waals surface area contributed by atoms with Crippen molar-refractivity contribution < 1.29 is 9.90 Å². The third-order valence-corrected chi connectivity index (χ3v) is 2.08. The van der Waals surface area contributed by atoms with Crippen molar-refractivity contribution in [1.29, 1.82) is 0 Å². The van der Waals surface area contributed by atoms with Crippen LogP contribution in [0.5, 0.6) is 0 Å². The quantitative estimate of drug-likeness (QED) is 0.810. The first-order valence-corrected chi connectivity index (χ1v) is 4.57. The van der Waals surface area contributed by atoms with Gasteiger partial charge in [-0.3, -0.25) is 4.79 Å². The van der Waals surface area contributed by atoms with Crippen LogP contribution in [-0.2, 0) is 0 Å². The molecule has 80 valence electrons. The summed E-state index contributed by atoms with van der Waals surface area (Å²) in [5.74, 6) is -1.25. The molecule has 0 spiro atoms. The molecule has 0 unspecified atom stereocenters. The van der Waals surface area contributed by atoms with Crippen molar-refractivity contribution in [2.75, 3.05) is 0 Å². The Labute approximate surface area is 90.6 Å². The second-order valence-corrected chi connectivity index (χ2v) is 3.10. The molecule has 0 fully saturated rings. The molecule has 16 heavy (non-hydrogen) atoms. The van der Waals surface area contributed by atoms with Gasteiger partial charge in [-0.15, -0.1) is 0 Å². The lowest BCUT2D eigenvalue weighted by molar-refractivity contribution is 0.0694. The molecule has 0 radical (unpaired) electrons. The van der Waals surface area contributed by atoms with E-state index in [0.29, 0.717) is 5.69 Å². The molecule has 0 saturated carbocycles. The zero-order valence-electron chi connectivity index (χ0n) is 8.20. The van der Waals surface area contributed by atoms with Crippen LogP contribution < -0.4 is 5.56 Å². The maximum Gasteiger partial charge on any atom is 0.341 e. The predicted octanol–water partition coefficient (Wildman–Crippen LogP) is 0.931. The molecular formula is C11H8N2O3. The highest BCUT2D eigenvalue weighted by Crippen LogP contribution is 2.02. The highest BCUT2D eigenvalue weighted by atomic mass is 16.4. The number of rotatable bonds is 2. The molecule has 1 heterocycles. The molecule has 1 aromatic carbocycles. The predicted molar refractivity (Wildman–Crippen MR) is 56.8 cm³/mol. The minimum absolute atomic E-state index is 0.293. The number of hydrogen-bond acceptors (Lipinski definition) is 3. The Hall–Kier alpha value is -2.43. The number of hydrogen-bond donors (Lipinski definition) is 1. The Bertz CT molecular complexity index is 575. The Morgan fingerprint density at radius 2 is 1.88 bits per heavy atom. The van der Waals surface area contributed by atoms with Crippen molar-refractivity contribution in [3.8, 4) is 5.69 Å². The smallest absolute Gasteiger partial charge is 0.341 e. The van der Waals surface area contributed by atoms with Gasteiger partial charge in [-0.05, 0) is 18.2 Å². The van der Waals surface area contributed by atoms with E-state index in [1.54, 1.807) is 30.3 Å². The summed E-state index contributed by atoms with van der Waals surface area (Å²) in [4.78, 5) is 22.5. The van der Waals surface area contributed by atoms with Gasteiger partial charge in [0.2, 0.25) is 0 Å². The molecule has 2 rings (SSSR count). The maximum atomic E-state index is 11.7. The lowest BCUT2D eigenvalue weighted by Crippen LogP contribution is -2.26. The van der Waals surface area contributed by atoms with Crippen LogP contribution in [0.1, 0.15) is 10.4 Å². The second-order valence-electron chi connectivity index (χ2n) is 3.10. The van der Waals surface area contributed by atoms with Crippen LogP contribution in [0.3, 0.4) is 0 Å². The summed E-state index contributed by atoms with van der Waals surface area (Å²) >= 11 is 0. The van der Waals surface area contributed by atoms with Gasteiger partial charge in [0.1, 0.15) is 5.56 Å². The van der Waals surface area contributed by atoms with Crippen molar-refractivity contribution in [3.05, 3.63) is 58.5 Å². The van der Waals surface area contributed by atoms with Crippen LogP contribution in [0.15, 0.2) is 47.4 Å². The highest BCUT2D eigenvalue weighted by molar-refractivity contribution is 5.86. The van der Waals surface area contributed by atoms with Crippen molar-refractivity contribution in [1.82, 2.24) is 9.78 Å². The number of benzene rings is 1. The molecule has 0 bridgehead atoms. The molecule has 1 aromatic heterocycles. The Morgan fingerprint density at radius 1 is 1.19 bits per heavy atom. The summed E-state index contributed by atoms with van der Waals surface area (Å²) in [7, 11) is 0. The zero-order chi connectivity index (χ0) is 11.5. The Morgan fingerprint density at radius 3 is 2.50 bits per heavy atom. The summed E-state index contributed by atoms with van der Waals surface area (Å²) in [6.07, 6.45) is 1.29. The van der Waals surface area contributed by atoms with Crippen molar-refractivity contribution in [2.24, 2.45) is 0 Å². The van der Waals surface area contributed by atoms with Crippen LogP contribution in [0.25, 0.3) is 5.69 Å². The summed E-state index contributed by atoms with van der Waals surface area (Å²) in [6.45, 7) is 0. The fourth-order valence-corrected chi connectivity index (χ4v) is 1.33. The van der Waals surface area contributed by atoms with E-state index in [1.807, 2.05) is 0 Å². The van der Waals surface area contributed by atoms with Gasteiger partial charge in [0.05, 0.1) is 5.69 Å². The number of carboxylic acids is 1. The van der Waals surface area contributed by atoms with Gasteiger partial charge in [0.25, 0.3) is 5.56 Å². The molecular weight excluding hydrogens is 208 g/mol. The number of aromatic nitrogens is 2. The first-order chi connectivity index (χ1) is 7.70. The third kappa shape index (κ3) is 1.70. The molecule has 0 amide bonds. The first-order valence-electron chi connectivity index (χ1n) is 4.57. The van der Waals surface area contributed by atoms with Gasteiger partial charge >= 0.3 is 5.97 Å². The van der Waals surface area contributed by atoms with E-state index in [9.17, 15) is 9.59 Å². The molecule has 5 heteroatoms. The monoisotopic (exact) mass is 216 g/mol. The average molecular weight is 216 g/mol. The molecule has 2 aromatic rings. The summed E-state index contributed by atoms with van der Waals surface area (Å²) in [6, 6.07) is 9.84. The summed E-state index contributed by atoms with van der Waals surface area (Å²) < 4.78 is 1.06. The van der Waals surface area contributed by atoms with Crippen LogP contribution >= 0.6 is 0 Å². The topological polar surface area (TPSA) is 72.2 Å². The first kappa shape index (κ1) is 10.1. The third-order valence-electron chi connectivity index (χ3n) is 2.08. The van der Waals surface area contributed by atoms with E-state index in [-0.39, 0.29) is 5.56 Å². The van der Waals surface area contributed by atoms with Crippen LogP contribution in [0.2, 0.25) is 0 Å². The van der Waals surface area contributed by atoms with E-state index in [0.717, 1.165) is 4.68 Å². The number of para-hydroxylation sites is 1. The van der Waals surface area contributed by atoms with Crippen molar-refractivity contribution in [3.63, 3.8) is 0 Å². The lowest BCUT2D eigenvalue weighted by Gasteiger charge is -2.03. The summed E-state index contributed by atoms with van der Waals surface area (Å²) in [5.41, 5.74) is -0.393.